The summed E-state index contributed by atoms with van der Waals surface area (Å²) in [6, 6.07) is 4.04. The van der Waals surface area contributed by atoms with Crippen LogP contribution in [0.2, 0.25) is 5.02 Å². The number of alkyl halides is 4. The third kappa shape index (κ3) is 5.60. The maximum atomic E-state index is 17.3. The molecule has 0 aliphatic carbocycles. The Morgan fingerprint density at radius 3 is 2.75 bits per heavy atom. The number of benzene rings is 2. The van der Waals surface area contributed by atoms with Crippen molar-refractivity contribution < 1.29 is 35.8 Å². The zero-order chi connectivity index (χ0) is 37.6. The normalized spacial score (nSPS) is 20.7. The van der Waals surface area contributed by atoms with Crippen LogP contribution in [0.1, 0.15) is 48.9 Å². The smallest absolute Gasteiger partial charge is 0.417 e. The van der Waals surface area contributed by atoms with E-state index in [1.54, 1.807) is 11.8 Å². The van der Waals surface area contributed by atoms with Crippen molar-refractivity contribution in [3.05, 3.63) is 57.7 Å². The molecule has 8 rings (SSSR count). The van der Waals surface area contributed by atoms with Crippen LogP contribution < -0.4 is 25.8 Å². The lowest BCUT2D eigenvalue weighted by atomic mass is 9.95. The number of hydrogen-bond acceptors (Lipinski definition) is 11. The molecule has 0 amide bonds. The summed E-state index contributed by atoms with van der Waals surface area (Å²) in [5.41, 5.74) is 9.97. The van der Waals surface area contributed by atoms with E-state index in [2.05, 4.69) is 15.0 Å². The molecule has 3 aliphatic rings. The second-order valence-corrected chi connectivity index (χ2v) is 14.8. The van der Waals surface area contributed by atoms with E-state index in [-0.39, 0.29) is 109 Å². The fourth-order valence-corrected chi connectivity index (χ4v) is 9.20. The molecule has 2 aromatic carbocycles. The average Bonchev–Trinajstić information content (AvgIpc) is 3.71. The van der Waals surface area contributed by atoms with Crippen molar-refractivity contribution in [1.82, 2.24) is 19.9 Å². The Kier molecular flexibility index (Phi) is 8.43. The number of hydrogen-bond donors (Lipinski definition) is 2. The zero-order valence-electron chi connectivity index (χ0n) is 27.8. The van der Waals surface area contributed by atoms with Gasteiger partial charge in [-0.25, -0.2) is 18.2 Å². The van der Waals surface area contributed by atoms with Crippen molar-refractivity contribution in [2.45, 2.75) is 50.1 Å². The van der Waals surface area contributed by atoms with Crippen molar-refractivity contribution in [1.29, 1.82) is 5.26 Å². The van der Waals surface area contributed by atoms with Crippen LogP contribution in [-0.2, 0) is 6.18 Å². The highest BCUT2D eigenvalue weighted by atomic mass is 35.5. The standard InChI is InChI=1S/C35H29ClF6N8O2S/c1-15(19-9-16(35(40,41)42)12-46-30(19)44)50-7-8-51-28-24-27(47-33(48-32(24)50)52-14-34-5-2-6-49(34)13-17(37)10-34)26(39)23(25(28)36)18-3-4-21(38)29-22(18)20(11-43)31(45)53-29/h3-4,9,12,15,17H,2,5-8,10,13-14,45H2,1H3,(H2,44,46)/t15-,17-,34+/m1/s1. The summed E-state index contributed by atoms with van der Waals surface area (Å²) in [6.07, 6.45) is -3.40. The molecule has 6 heterocycles. The summed E-state index contributed by atoms with van der Waals surface area (Å²) >= 11 is 7.81. The highest BCUT2D eigenvalue weighted by Gasteiger charge is 2.49. The maximum Gasteiger partial charge on any atom is 0.417 e. The van der Waals surface area contributed by atoms with Crippen LogP contribution in [0.4, 0.5) is 43.0 Å². The van der Waals surface area contributed by atoms with Gasteiger partial charge in [-0.05, 0) is 44.0 Å². The monoisotopic (exact) mass is 774 g/mol. The minimum absolute atomic E-state index is 0.00600. The van der Waals surface area contributed by atoms with E-state index in [9.17, 15) is 22.8 Å². The molecule has 5 aromatic rings. The molecule has 4 N–H and O–H groups in total. The largest absolute Gasteiger partial charge is 0.489 e. The molecule has 3 aliphatic heterocycles. The summed E-state index contributed by atoms with van der Waals surface area (Å²) < 4.78 is 101. The van der Waals surface area contributed by atoms with Crippen LogP contribution in [0, 0.1) is 23.0 Å². The van der Waals surface area contributed by atoms with Gasteiger partial charge in [0.15, 0.2) is 11.6 Å². The molecule has 0 radical (unpaired) electrons. The van der Waals surface area contributed by atoms with E-state index in [1.807, 2.05) is 11.0 Å². The first-order chi connectivity index (χ1) is 25.2. The predicted octanol–water partition coefficient (Wildman–Crippen LogP) is 7.81. The molecule has 0 saturated carbocycles. The molecule has 18 heteroatoms. The van der Waals surface area contributed by atoms with Crippen molar-refractivity contribution in [2.24, 2.45) is 0 Å². The molecular weight excluding hydrogens is 746 g/mol. The van der Waals surface area contributed by atoms with Gasteiger partial charge in [0, 0.05) is 35.7 Å². The van der Waals surface area contributed by atoms with Gasteiger partial charge in [-0.15, -0.1) is 11.3 Å². The second kappa shape index (κ2) is 12.7. The minimum atomic E-state index is -4.71. The van der Waals surface area contributed by atoms with Crippen LogP contribution in [-0.4, -0.2) is 64.4 Å². The molecule has 0 bridgehead atoms. The highest BCUT2D eigenvalue weighted by Crippen LogP contribution is 2.52. The molecule has 53 heavy (non-hydrogen) atoms. The number of ether oxygens (including phenoxy) is 2. The summed E-state index contributed by atoms with van der Waals surface area (Å²) in [5, 5.41) is 9.76. The van der Waals surface area contributed by atoms with Crippen molar-refractivity contribution >= 4 is 60.6 Å². The number of aromatic nitrogens is 3. The van der Waals surface area contributed by atoms with E-state index in [0.29, 0.717) is 19.2 Å². The van der Waals surface area contributed by atoms with E-state index in [0.717, 1.165) is 29.9 Å². The topological polar surface area (TPSA) is 139 Å². The van der Waals surface area contributed by atoms with Gasteiger partial charge in [0.05, 0.1) is 44.4 Å². The lowest BCUT2D eigenvalue weighted by molar-refractivity contribution is -0.137. The number of rotatable bonds is 6. The van der Waals surface area contributed by atoms with Gasteiger partial charge in [0.1, 0.15) is 53.4 Å². The number of nitrogens with zero attached hydrogens (tertiary/aromatic N) is 6. The van der Waals surface area contributed by atoms with Crippen molar-refractivity contribution in [3.8, 4) is 29.0 Å². The lowest BCUT2D eigenvalue weighted by Gasteiger charge is -2.32. The predicted molar refractivity (Wildman–Crippen MR) is 188 cm³/mol. The third-order valence-electron chi connectivity index (χ3n) is 10.4. The second-order valence-electron chi connectivity index (χ2n) is 13.4. The molecule has 276 valence electrons. The van der Waals surface area contributed by atoms with E-state index < -0.39 is 41.1 Å². The first-order valence-corrected chi connectivity index (χ1v) is 17.8. The Labute approximate surface area is 306 Å². The quantitative estimate of drug-likeness (QED) is 0.164. The molecule has 10 nitrogen and oxygen atoms in total. The number of nitrogen functional groups attached to an aromatic ring is 2. The fraction of sp³-hybridized carbons (Fsp3) is 0.371. The first kappa shape index (κ1) is 35.3. The highest BCUT2D eigenvalue weighted by molar-refractivity contribution is 7.23. The van der Waals surface area contributed by atoms with Gasteiger partial charge in [0.2, 0.25) is 0 Å². The van der Waals surface area contributed by atoms with Gasteiger partial charge in [-0.3, -0.25) is 4.90 Å². The molecular formula is C35H29ClF6N8O2S. The number of nitrogens with two attached hydrogens (primary N) is 2. The van der Waals surface area contributed by atoms with Crippen LogP contribution in [0.15, 0.2) is 24.4 Å². The Morgan fingerprint density at radius 2 is 2.00 bits per heavy atom. The maximum absolute atomic E-state index is 17.3. The Balaban J connectivity index is 1.35. The number of fused-ring (bicyclic) bond motifs is 2. The van der Waals surface area contributed by atoms with Gasteiger partial charge < -0.3 is 25.8 Å². The molecule has 3 atom stereocenters. The Bertz CT molecular complexity index is 2370. The molecule has 0 unspecified atom stereocenters. The van der Waals surface area contributed by atoms with E-state index in [1.165, 1.54) is 6.07 Å². The minimum Gasteiger partial charge on any atom is -0.489 e. The van der Waals surface area contributed by atoms with Gasteiger partial charge in [0.25, 0.3) is 0 Å². The SMILES string of the molecule is C[C@H](c1cc(C(F)(F)F)cnc1N)N1CCOc2c(Cl)c(-c3ccc(F)c4sc(N)c(C#N)c34)c(F)c3nc(OC[C@@]45CCCN4C[C@H](F)C5)nc1c23. The van der Waals surface area contributed by atoms with Crippen LogP contribution >= 0.6 is 22.9 Å². The number of nitriles is 1. The Hall–Kier alpha value is -4.79. The summed E-state index contributed by atoms with van der Waals surface area (Å²) in [5.74, 6) is -1.87. The van der Waals surface area contributed by atoms with Crippen LogP contribution in [0.3, 0.4) is 0 Å². The van der Waals surface area contributed by atoms with Crippen LogP contribution in [0.5, 0.6) is 11.8 Å². The molecule has 2 fully saturated rings. The molecule has 0 spiro atoms. The summed E-state index contributed by atoms with van der Waals surface area (Å²) in [4.78, 5) is 16.5. The van der Waals surface area contributed by atoms with E-state index >= 15 is 8.78 Å². The zero-order valence-corrected chi connectivity index (χ0v) is 29.4. The summed E-state index contributed by atoms with van der Waals surface area (Å²) in [6.45, 7) is 2.42. The first-order valence-electron chi connectivity index (χ1n) is 16.6. The van der Waals surface area contributed by atoms with Gasteiger partial charge in [-0.2, -0.15) is 28.4 Å². The van der Waals surface area contributed by atoms with Gasteiger partial charge >= 0.3 is 12.2 Å². The Morgan fingerprint density at radius 1 is 1.21 bits per heavy atom. The third-order valence-corrected chi connectivity index (χ3v) is 11.8. The number of pyridine rings is 1. The van der Waals surface area contributed by atoms with Crippen molar-refractivity contribution in [3.63, 3.8) is 0 Å². The van der Waals surface area contributed by atoms with Gasteiger partial charge in [-0.1, -0.05) is 17.7 Å². The van der Waals surface area contributed by atoms with Crippen molar-refractivity contribution in [2.75, 3.05) is 49.2 Å². The molecule has 2 saturated heterocycles. The average molecular weight is 775 g/mol. The lowest BCUT2D eigenvalue weighted by Crippen LogP contribution is -2.43. The number of halogens is 7. The van der Waals surface area contributed by atoms with Crippen LogP contribution in [0.25, 0.3) is 32.1 Å². The van der Waals surface area contributed by atoms with E-state index in [4.69, 9.17) is 32.5 Å². The number of anilines is 3. The number of thiophene rings is 1. The summed E-state index contributed by atoms with van der Waals surface area (Å²) in [7, 11) is 0. The molecule has 3 aromatic heterocycles. The fourth-order valence-electron chi connectivity index (χ4n) is 7.91.